The highest BCUT2D eigenvalue weighted by atomic mass is 35.5. The van der Waals surface area contributed by atoms with E-state index in [1.165, 1.54) is 0 Å². The summed E-state index contributed by atoms with van der Waals surface area (Å²) in [6.07, 6.45) is 4.74. The largest absolute Gasteiger partial charge is 0.336 e. The van der Waals surface area contributed by atoms with Crippen LogP contribution in [0.4, 0.5) is 0 Å². The second-order valence-corrected chi connectivity index (χ2v) is 5.30. The molecule has 3 nitrogen and oxygen atoms in total. The Morgan fingerprint density at radius 3 is 2.68 bits per heavy atom. The maximum Gasteiger partial charge on any atom is 0.0946 e. The second-order valence-electron chi connectivity index (χ2n) is 4.49. The number of benzene rings is 1. The fourth-order valence-corrected chi connectivity index (χ4v) is 2.33. The molecule has 1 unspecified atom stereocenters. The van der Waals surface area contributed by atoms with E-state index in [1.54, 1.807) is 6.33 Å². The summed E-state index contributed by atoms with van der Waals surface area (Å²) in [5, 5.41) is 4.66. The minimum absolute atomic E-state index is 0.0715. The van der Waals surface area contributed by atoms with Gasteiger partial charge in [-0.25, -0.2) is 4.98 Å². The van der Waals surface area contributed by atoms with E-state index in [4.69, 9.17) is 23.2 Å². The normalized spacial score (nSPS) is 12.6. The first-order chi connectivity index (χ1) is 9.13. The molecule has 0 aliphatic heterocycles. The van der Waals surface area contributed by atoms with Crippen molar-refractivity contribution >= 4 is 23.2 Å². The van der Waals surface area contributed by atoms with Crippen molar-refractivity contribution in [3.8, 4) is 0 Å². The zero-order valence-corrected chi connectivity index (χ0v) is 12.5. The van der Waals surface area contributed by atoms with Crippen molar-refractivity contribution in [2.24, 2.45) is 7.05 Å². The van der Waals surface area contributed by atoms with Crippen LogP contribution in [0, 0.1) is 0 Å². The monoisotopic (exact) mass is 297 g/mol. The lowest BCUT2D eigenvalue weighted by Crippen LogP contribution is -2.25. The lowest BCUT2D eigenvalue weighted by Gasteiger charge is -2.20. The van der Waals surface area contributed by atoms with Crippen molar-refractivity contribution in [3.05, 3.63) is 52.0 Å². The lowest BCUT2D eigenvalue weighted by molar-refractivity contribution is 0.569. The molecule has 1 aromatic heterocycles. The van der Waals surface area contributed by atoms with Crippen LogP contribution in [-0.4, -0.2) is 16.1 Å². The molecule has 1 aromatic carbocycles. The molecular formula is C14H17Cl2N3. The molecule has 0 radical (unpaired) electrons. The third-order valence-electron chi connectivity index (χ3n) is 3.03. The number of hydrogen-bond acceptors (Lipinski definition) is 2. The number of hydrogen-bond donors (Lipinski definition) is 1. The molecule has 19 heavy (non-hydrogen) atoms. The predicted molar refractivity (Wildman–Crippen MR) is 79.8 cm³/mol. The fraction of sp³-hybridized carbons (Fsp3) is 0.357. The summed E-state index contributed by atoms with van der Waals surface area (Å²) in [5.74, 6) is 0. The molecule has 5 heteroatoms. The highest BCUT2D eigenvalue weighted by Gasteiger charge is 2.17. The molecule has 102 valence electrons. The fourth-order valence-electron chi connectivity index (χ4n) is 2.02. The Labute approximate surface area is 123 Å². The van der Waals surface area contributed by atoms with E-state index in [-0.39, 0.29) is 6.04 Å². The van der Waals surface area contributed by atoms with Gasteiger partial charge in [0.05, 0.1) is 34.3 Å². The summed E-state index contributed by atoms with van der Waals surface area (Å²) in [4.78, 5) is 4.18. The van der Waals surface area contributed by atoms with Crippen molar-refractivity contribution in [2.75, 3.05) is 6.54 Å². The molecule has 0 bridgehead atoms. The Hall–Kier alpha value is -1.03. The van der Waals surface area contributed by atoms with Crippen LogP contribution >= 0.6 is 23.2 Å². The van der Waals surface area contributed by atoms with E-state index >= 15 is 0 Å². The predicted octanol–water partition coefficient (Wildman–Crippen LogP) is 3.82. The molecular weight excluding hydrogens is 281 g/mol. The molecule has 1 N–H and O–H groups in total. The van der Waals surface area contributed by atoms with Gasteiger partial charge in [-0.05, 0) is 30.7 Å². The number of aromatic nitrogens is 2. The molecule has 0 aliphatic carbocycles. The van der Waals surface area contributed by atoms with Gasteiger partial charge in [-0.15, -0.1) is 0 Å². The van der Waals surface area contributed by atoms with Crippen LogP contribution in [0.15, 0.2) is 30.7 Å². The molecule has 2 rings (SSSR count). The van der Waals surface area contributed by atoms with Gasteiger partial charge in [0, 0.05) is 7.05 Å². The van der Waals surface area contributed by atoms with Crippen LogP contribution in [0.25, 0.3) is 0 Å². The van der Waals surface area contributed by atoms with Crippen LogP contribution in [0.1, 0.15) is 30.6 Å². The number of nitrogens with one attached hydrogen (secondary N) is 1. The van der Waals surface area contributed by atoms with E-state index in [0.29, 0.717) is 10.0 Å². The van der Waals surface area contributed by atoms with E-state index in [1.807, 2.05) is 36.0 Å². The zero-order chi connectivity index (χ0) is 13.8. The van der Waals surface area contributed by atoms with Gasteiger partial charge < -0.3 is 9.88 Å². The van der Waals surface area contributed by atoms with Crippen molar-refractivity contribution in [1.82, 2.24) is 14.9 Å². The highest BCUT2D eigenvalue weighted by Crippen LogP contribution is 2.28. The maximum atomic E-state index is 6.11. The minimum atomic E-state index is 0.0715. The van der Waals surface area contributed by atoms with Crippen LogP contribution in [-0.2, 0) is 7.05 Å². The number of nitrogens with zero attached hydrogens (tertiary/aromatic N) is 2. The first-order valence-corrected chi connectivity index (χ1v) is 7.03. The average Bonchev–Trinajstić information content (AvgIpc) is 2.80. The zero-order valence-electron chi connectivity index (χ0n) is 11.0. The summed E-state index contributed by atoms with van der Waals surface area (Å²) < 4.78 is 2.01. The number of aryl methyl sites for hydroxylation is 1. The molecule has 1 heterocycles. The van der Waals surface area contributed by atoms with Crippen LogP contribution in [0.3, 0.4) is 0 Å². The van der Waals surface area contributed by atoms with Crippen LogP contribution < -0.4 is 5.32 Å². The SMILES string of the molecule is CCCNC(c1ccc(Cl)c(Cl)c1)c1cncn1C. The van der Waals surface area contributed by atoms with Crippen molar-refractivity contribution < 1.29 is 0 Å². The highest BCUT2D eigenvalue weighted by molar-refractivity contribution is 6.42. The van der Waals surface area contributed by atoms with Gasteiger partial charge in [0.25, 0.3) is 0 Å². The first kappa shape index (κ1) is 14.4. The van der Waals surface area contributed by atoms with Gasteiger partial charge >= 0.3 is 0 Å². The van der Waals surface area contributed by atoms with Crippen molar-refractivity contribution in [3.63, 3.8) is 0 Å². The van der Waals surface area contributed by atoms with E-state index < -0.39 is 0 Å². The van der Waals surface area contributed by atoms with Crippen LogP contribution in [0.2, 0.25) is 10.0 Å². The standard InChI is InChI=1S/C14H17Cl2N3/c1-3-6-18-14(13-8-17-9-19(13)2)10-4-5-11(15)12(16)7-10/h4-5,7-9,14,18H,3,6H2,1-2H3. The van der Waals surface area contributed by atoms with E-state index in [0.717, 1.165) is 24.2 Å². The van der Waals surface area contributed by atoms with Crippen molar-refractivity contribution in [2.45, 2.75) is 19.4 Å². The molecule has 0 saturated carbocycles. The molecule has 2 aromatic rings. The number of halogens is 2. The third-order valence-corrected chi connectivity index (χ3v) is 3.76. The first-order valence-electron chi connectivity index (χ1n) is 6.28. The van der Waals surface area contributed by atoms with Crippen LogP contribution in [0.5, 0.6) is 0 Å². The lowest BCUT2D eigenvalue weighted by atomic mass is 10.0. The summed E-state index contributed by atoms with van der Waals surface area (Å²) in [6.45, 7) is 3.07. The average molecular weight is 298 g/mol. The topological polar surface area (TPSA) is 29.9 Å². The van der Waals surface area contributed by atoms with Crippen molar-refractivity contribution in [1.29, 1.82) is 0 Å². The Bertz CT molecular complexity index is 551. The molecule has 0 amide bonds. The Kier molecular flexibility index (Phi) is 4.86. The van der Waals surface area contributed by atoms with Gasteiger partial charge in [0.2, 0.25) is 0 Å². The quantitative estimate of drug-likeness (QED) is 0.909. The Balaban J connectivity index is 2.37. The number of imidazole rings is 1. The van der Waals surface area contributed by atoms with Gasteiger partial charge in [-0.2, -0.15) is 0 Å². The Morgan fingerprint density at radius 2 is 2.11 bits per heavy atom. The summed E-state index contributed by atoms with van der Waals surface area (Å²) in [5.41, 5.74) is 2.19. The summed E-state index contributed by atoms with van der Waals surface area (Å²) in [6, 6.07) is 5.80. The van der Waals surface area contributed by atoms with E-state index in [9.17, 15) is 0 Å². The molecule has 0 spiro atoms. The van der Waals surface area contributed by atoms with Gasteiger partial charge in [0.1, 0.15) is 0 Å². The molecule has 1 atom stereocenters. The molecule has 0 saturated heterocycles. The van der Waals surface area contributed by atoms with Gasteiger partial charge in [-0.3, -0.25) is 0 Å². The van der Waals surface area contributed by atoms with Gasteiger partial charge in [-0.1, -0.05) is 36.2 Å². The van der Waals surface area contributed by atoms with Gasteiger partial charge in [0.15, 0.2) is 0 Å². The molecule has 0 aliphatic rings. The third kappa shape index (κ3) is 3.30. The minimum Gasteiger partial charge on any atom is -0.336 e. The summed E-state index contributed by atoms with van der Waals surface area (Å²) in [7, 11) is 1.99. The second kappa shape index (κ2) is 6.42. The summed E-state index contributed by atoms with van der Waals surface area (Å²) >= 11 is 12.1. The number of rotatable bonds is 5. The maximum absolute atomic E-state index is 6.11. The van der Waals surface area contributed by atoms with E-state index in [2.05, 4.69) is 17.2 Å². The smallest absolute Gasteiger partial charge is 0.0946 e. The molecule has 0 fully saturated rings. The Morgan fingerprint density at radius 1 is 1.32 bits per heavy atom.